The van der Waals surface area contributed by atoms with Gasteiger partial charge < -0.3 is 15.4 Å². The topological polar surface area (TPSA) is 91.2 Å². The Bertz CT molecular complexity index is 843. The highest BCUT2D eigenvalue weighted by molar-refractivity contribution is 6.34. The molecule has 0 aliphatic carbocycles. The maximum absolute atomic E-state index is 12.5. The smallest absolute Gasteiger partial charge is 0.259 e. The summed E-state index contributed by atoms with van der Waals surface area (Å²) in [5.74, 6) is -0.528. The van der Waals surface area contributed by atoms with Crippen LogP contribution in [0.5, 0.6) is 5.75 Å². The second-order valence-electron chi connectivity index (χ2n) is 4.83. The number of rotatable bonds is 4. The predicted molar refractivity (Wildman–Crippen MR) is 91.4 cm³/mol. The molecule has 2 amide bonds. The van der Waals surface area contributed by atoms with E-state index in [4.69, 9.17) is 21.6 Å². The molecule has 2 N–H and O–H groups in total. The highest BCUT2D eigenvalue weighted by Crippen LogP contribution is 2.31. The highest BCUT2D eigenvalue weighted by Gasteiger charge is 2.17. The minimum Gasteiger partial charge on any atom is -0.496 e. The Labute approximate surface area is 144 Å². The molecule has 0 heterocycles. The van der Waals surface area contributed by atoms with Gasteiger partial charge >= 0.3 is 0 Å². The van der Waals surface area contributed by atoms with Gasteiger partial charge in [0.1, 0.15) is 11.8 Å². The van der Waals surface area contributed by atoms with Crippen molar-refractivity contribution in [3.63, 3.8) is 0 Å². The van der Waals surface area contributed by atoms with Crippen LogP contribution in [0.4, 0.5) is 11.4 Å². The van der Waals surface area contributed by atoms with Crippen LogP contribution in [0.3, 0.4) is 0 Å². The molecule has 0 fully saturated rings. The molecule has 0 aliphatic heterocycles. The molecule has 0 saturated heterocycles. The maximum atomic E-state index is 12.5. The van der Waals surface area contributed by atoms with E-state index in [0.717, 1.165) is 0 Å². The van der Waals surface area contributed by atoms with E-state index < -0.39 is 5.91 Å². The van der Waals surface area contributed by atoms with Gasteiger partial charge in [-0.2, -0.15) is 5.26 Å². The van der Waals surface area contributed by atoms with Gasteiger partial charge in [-0.25, -0.2) is 0 Å². The number of hydrogen-bond donors (Lipinski definition) is 2. The van der Waals surface area contributed by atoms with Crippen LogP contribution >= 0.6 is 11.6 Å². The number of ether oxygens (including phenoxy) is 1. The summed E-state index contributed by atoms with van der Waals surface area (Å²) in [6.07, 6.45) is 0. The normalized spacial score (nSPS) is 9.75. The van der Waals surface area contributed by atoms with Gasteiger partial charge in [0, 0.05) is 13.0 Å². The second-order valence-corrected chi connectivity index (χ2v) is 5.23. The quantitative estimate of drug-likeness (QED) is 0.889. The van der Waals surface area contributed by atoms with Crippen molar-refractivity contribution in [1.29, 1.82) is 5.26 Å². The summed E-state index contributed by atoms with van der Waals surface area (Å²) in [5, 5.41) is 14.5. The number of amides is 2. The van der Waals surface area contributed by atoms with Crippen LogP contribution < -0.4 is 15.4 Å². The average Bonchev–Trinajstić information content (AvgIpc) is 2.56. The zero-order valence-electron chi connectivity index (χ0n) is 13.0. The van der Waals surface area contributed by atoms with Crippen molar-refractivity contribution in [2.75, 3.05) is 17.7 Å². The van der Waals surface area contributed by atoms with Crippen LogP contribution in [0.15, 0.2) is 36.4 Å². The van der Waals surface area contributed by atoms with E-state index in [-0.39, 0.29) is 22.2 Å². The number of nitrogens with one attached hydrogen (secondary N) is 2. The first kappa shape index (κ1) is 17.3. The predicted octanol–water partition coefficient (Wildman–Crippen LogP) is 3.43. The van der Waals surface area contributed by atoms with E-state index in [9.17, 15) is 9.59 Å². The number of carbonyl (C=O) groups excluding carboxylic acids is 2. The summed E-state index contributed by atoms with van der Waals surface area (Å²) in [6.45, 7) is 1.35. The summed E-state index contributed by atoms with van der Waals surface area (Å²) in [5.41, 5.74) is 1.25. The SMILES string of the molecule is COc1cc(NC(C)=O)c(Cl)cc1C(=O)Nc1ccccc1C#N. The van der Waals surface area contributed by atoms with Gasteiger partial charge in [-0.1, -0.05) is 23.7 Å². The van der Waals surface area contributed by atoms with Crippen LogP contribution in [0, 0.1) is 11.3 Å². The van der Waals surface area contributed by atoms with Crippen LogP contribution in [-0.2, 0) is 4.79 Å². The van der Waals surface area contributed by atoms with Crippen LogP contribution in [0.25, 0.3) is 0 Å². The number of methoxy groups -OCH3 is 1. The van der Waals surface area contributed by atoms with Crippen LogP contribution in [0.1, 0.15) is 22.8 Å². The lowest BCUT2D eigenvalue weighted by atomic mass is 10.1. The van der Waals surface area contributed by atoms with Crippen molar-refractivity contribution in [1.82, 2.24) is 0 Å². The molecule has 6 nitrogen and oxygen atoms in total. The number of anilines is 2. The lowest BCUT2D eigenvalue weighted by Gasteiger charge is -2.13. The molecule has 0 spiro atoms. The molecular weight excluding hydrogens is 330 g/mol. The molecule has 2 aromatic carbocycles. The Hall–Kier alpha value is -3.04. The fraction of sp³-hybridized carbons (Fsp3) is 0.118. The van der Waals surface area contributed by atoms with E-state index in [1.54, 1.807) is 24.3 Å². The van der Waals surface area contributed by atoms with Gasteiger partial charge in [-0.05, 0) is 18.2 Å². The molecule has 0 radical (unpaired) electrons. The number of carbonyl (C=O) groups is 2. The molecule has 0 aliphatic rings. The Balaban J connectivity index is 2.37. The molecule has 2 rings (SSSR count). The molecule has 0 aromatic heterocycles. The third-order valence-electron chi connectivity index (χ3n) is 3.14. The standard InChI is InChI=1S/C17H14ClN3O3/c1-10(22)20-15-8-16(24-2)12(7-13(15)18)17(23)21-14-6-4-3-5-11(14)9-19/h3-8H,1-2H3,(H,20,22)(H,21,23). The summed E-state index contributed by atoms with van der Waals surface area (Å²) in [4.78, 5) is 23.7. The first-order chi connectivity index (χ1) is 11.5. The Kier molecular flexibility index (Phi) is 5.40. The molecule has 0 atom stereocenters. The van der Waals surface area contributed by atoms with E-state index >= 15 is 0 Å². The molecule has 2 aromatic rings. The monoisotopic (exact) mass is 343 g/mol. The fourth-order valence-corrected chi connectivity index (χ4v) is 2.28. The summed E-state index contributed by atoms with van der Waals surface area (Å²) in [7, 11) is 1.40. The van der Waals surface area contributed by atoms with Gasteiger partial charge in [-0.3, -0.25) is 9.59 Å². The van der Waals surface area contributed by atoms with Crippen molar-refractivity contribution in [2.45, 2.75) is 6.92 Å². The Morgan fingerprint density at radius 1 is 1.17 bits per heavy atom. The van der Waals surface area contributed by atoms with Crippen LogP contribution in [-0.4, -0.2) is 18.9 Å². The average molecular weight is 344 g/mol. The van der Waals surface area contributed by atoms with E-state index in [2.05, 4.69) is 10.6 Å². The minimum atomic E-state index is -0.481. The highest BCUT2D eigenvalue weighted by atomic mass is 35.5. The molecule has 7 heteroatoms. The lowest BCUT2D eigenvalue weighted by molar-refractivity contribution is -0.114. The number of hydrogen-bond acceptors (Lipinski definition) is 4. The van der Waals surface area contributed by atoms with Crippen molar-refractivity contribution >= 4 is 34.8 Å². The zero-order valence-corrected chi connectivity index (χ0v) is 13.8. The summed E-state index contributed by atoms with van der Waals surface area (Å²) in [6, 6.07) is 11.5. The van der Waals surface area contributed by atoms with E-state index in [0.29, 0.717) is 16.9 Å². The Morgan fingerprint density at radius 3 is 2.50 bits per heavy atom. The zero-order chi connectivity index (χ0) is 17.7. The largest absolute Gasteiger partial charge is 0.496 e. The van der Waals surface area contributed by atoms with Gasteiger partial charge in [0.2, 0.25) is 5.91 Å². The third-order valence-corrected chi connectivity index (χ3v) is 3.45. The summed E-state index contributed by atoms with van der Waals surface area (Å²) >= 11 is 6.11. The molecule has 0 bridgehead atoms. The number of halogens is 1. The first-order valence-corrected chi connectivity index (χ1v) is 7.29. The van der Waals surface area contributed by atoms with Gasteiger partial charge in [-0.15, -0.1) is 0 Å². The lowest BCUT2D eigenvalue weighted by Crippen LogP contribution is -2.15. The first-order valence-electron chi connectivity index (χ1n) is 6.92. The van der Waals surface area contributed by atoms with Gasteiger partial charge in [0.05, 0.1) is 34.6 Å². The van der Waals surface area contributed by atoms with Crippen LogP contribution in [0.2, 0.25) is 5.02 Å². The third kappa shape index (κ3) is 3.83. The minimum absolute atomic E-state index is 0.185. The molecular formula is C17H14ClN3O3. The Morgan fingerprint density at radius 2 is 1.88 bits per heavy atom. The van der Waals surface area contributed by atoms with Crippen molar-refractivity contribution in [3.8, 4) is 11.8 Å². The van der Waals surface area contributed by atoms with E-state index in [1.807, 2.05) is 6.07 Å². The summed E-state index contributed by atoms with van der Waals surface area (Å²) < 4.78 is 5.20. The number of para-hydroxylation sites is 1. The molecule has 24 heavy (non-hydrogen) atoms. The van der Waals surface area contributed by atoms with Crippen molar-refractivity contribution < 1.29 is 14.3 Å². The van der Waals surface area contributed by atoms with E-state index in [1.165, 1.54) is 26.2 Å². The molecule has 0 saturated carbocycles. The van der Waals surface area contributed by atoms with Gasteiger partial charge in [0.15, 0.2) is 0 Å². The van der Waals surface area contributed by atoms with Crippen molar-refractivity contribution in [3.05, 3.63) is 52.5 Å². The number of nitriles is 1. The second kappa shape index (κ2) is 7.49. The number of nitrogens with zero attached hydrogens (tertiary/aromatic N) is 1. The van der Waals surface area contributed by atoms with Crippen molar-refractivity contribution in [2.24, 2.45) is 0 Å². The molecule has 0 unspecified atom stereocenters. The maximum Gasteiger partial charge on any atom is 0.259 e. The molecule has 122 valence electrons. The fourth-order valence-electron chi connectivity index (χ4n) is 2.06. The van der Waals surface area contributed by atoms with Gasteiger partial charge in [0.25, 0.3) is 5.91 Å². The number of benzene rings is 2.